The molecule has 0 atom stereocenters. The number of esters is 2. The zero-order valence-electron chi connectivity index (χ0n) is 13.8. The molecule has 0 aliphatic carbocycles. The lowest BCUT2D eigenvalue weighted by Crippen LogP contribution is -2.42. The third-order valence-corrected chi connectivity index (χ3v) is 3.52. The summed E-state index contributed by atoms with van der Waals surface area (Å²) in [5, 5.41) is 0. The van der Waals surface area contributed by atoms with Crippen LogP contribution in [-0.4, -0.2) is 25.2 Å². The van der Waals surface area contributed by atoms with Gasteiger partial charge < -0.3 is 9.47 Å². The highest BCUT2D eigenvalue weighted by Gasteiger charge is 2.47. The van der Waals surface area contributed by atoms with Crippen LogP contribution in [0.4, 0.5) is 0 Å². The quantitative estimate of drug-likeness (QED) is 0.236. The summed E-state index contributed by atoms with van der Waals surface area (Å²) in [5.41, 5.74) is -1.13. The van der Waals surface area contributed by atoms with Crippen molar-refractivity contribution in [2.45, 2.75) is 65.7 Å². The minimum atomic E-state index is -1.13. The van der Waals surface area contributed by atoms with Crippen molar-refractivity contribution in [2.75, 3.05) is 13.2 Å². The summed E-state index contributed by atoms with van der Waals surface area (Å²) in [5.74, 6) is -0.872. The summed E-state index contributed by atoms with van der Waals surface area (Å²) in [7, 11) is 0. The van der Waals surface area contributed by atoms with Crippen LogP contribution in [0, 0.1) is 5.41 Å². The molecule has 0 N–H and O–H groups in total. The second kappa shape index (κ2) is 11.4. The molecule has 0 bridgehead atoms. The molecule has 0 saturated heterocycles. The van der Waals surface area contributed by atoms with Gasteiger partial charge in [0.05, 0.1) is 13.2 Å². The van der Waals surface area contributed by atoms with Crippen LogP contribution >= 0.6 is 0 Å². The third kappa shape index (κ3) is 6.32. The van der Waals surface area contributed by atoms with Crippen LogP contribution in [0.1, 0.15) is 65.7 Å². The zero-order valence-corrected chi connectivity index (χ0v) is 13.8. The minimum Gasteiger partial charge on any atom is -0.465 e. The molecule has 0 unspecified atom stereocenters. The maximum atomic E-state index is 12.4. The van der Waals surface area contributed by atoms with Gasteiger partial charge in [0.2, 0.25) is 0 Å². The van der Waals surface area contributed by atoms with E-state index in [2.05, 4.69) is 6.58 Å². The lowest BCUT2D eigenvalue weighted by molar-refractivity contribution is -0.173. The third-order valence-electron chi connectivity index (χ3n) is 3.52. The van der Waals surface area contributed by atoms with Gasteiger partial charge >= 0.3 is 11.9 Å². The molecule has 21 heavy (non-hydrogen) atoms. The van der Waals surface area contributed by atoms with Gasteiger partial charge in [-0.3, -0.25) is 9.59 Å². The zero-order chi connectivity index (χ0) is 16.1. The summed E-state index contributed by atoms with van der Waals surface area (Å²) in [6.07, 6.45) is 7.36. The lowest BCUT2D eigenvalue weighted by Gasteiger charge is -2.28. The number of rotatable bonds is 12. The predicted molar refractivity (Wildman–Crippen MR) is 83.9 cm³/mol. The molecule has 4 heteroatoms. The molecule has 0 radical (unpaired) electrons. The first-order chi connectivity index (χ1) is 10.1. The Morgan fingerprint density at radius 1 is 0.952 bits per heavy atom. The minimum absolute atomic E-state index is 0.278. The maximum absolute atomic E-state index is 12.4. The Labute approximate surface area is 128 Å². The fraction of sp³-hybridized carbons (Fsp3) is 0.765. The average Bonchev–Trinajstić information content (AvgIpc) is 2.46. The van der Waals surface area contributed by atoms with Crippen molar-refractivity contribution < 1.29 is 19.1 Å². The molecule has 0 aromatic heterocycles. The molecule has 0 heterocycles. The fourth-order valence-corrected chi connectivity index (χ4v) is 2.47. The van der Waals surface area contributed by atoms with E-state index in [1.54, 1.807) is 13.8 Å². The molecule has 0 aliphatic heterocycles. The highest BCUT2D eigenvalue weighted by atomic mass is 16.6. The predicted octanol–water partition coefficient (Wildman–Crippen LogP) is 4.04. The Hall–Kier alpha value is -1.32. The summed E-state index contributed by atoms with van der Waals surface area (Å²) in [6, 6.07) is 0. The van der Waals surface area contributed by atoms with E-state index in [0.717, 1.165) is 32.1 Å². The Morgan fingerprint density at radius 3 is 1.95 bits per heavy atom. The van der Waals surface area contributed by atoms with Crippen LogP contribution in [0.25, 0.3) is 0 Å². The maximum Gasteiger partial charge on any atom is 0.323 e. The molecule has 0 amide bonds. The smallest absolute Gasteiger partial charge is 0.323 e. The van der Waals surface area contributed by atoms with Gasteiger partial charge in [-0.05, 0) is 39.5 Å². The number of hydrogen-bond acceptors (Lipinski definition) is 4. The van der Waals surface area contributed by atoms with E-state index in [1.165, 1.54) is 0 Å². The van der Waals surface area contributed by atoms with Gasteiger partial charge in [-0.2, -0.15) is 0 Å². The first-order valence-corrected chi connectivity index (χ1v) is 8.04. The van der Waals surface area contributed by atoms with E-state index in [4.69, 9.17) is 9.47 Å². The highest BCUT2D eigenvalue weighted by molar-refractivity contribution is 6.00. The van der Waals surface area contributed by atoms with Crippen molar-refractivity contribution in [3.8, 4) is 0 Å². The molecule has 0 aromatic carbocycles. The normalized spacial score (nSPS) is 11.0. The monoisotopic (exact) mass is 298 g/mol. The van der Waals surface area contributed by atoms with Gasteiger partial charge in [0.1, 0.15) is 0 Å². The van der Waals surface area contributed by atoms with Gasteiger partial charge in [0.15, 0.2) is 5.41 Å². The van der Waals surface area contributed by atoms with Crippen LogP contribution in [-0.2, 0) is 19.1 Å². The number of allylic oxidation sites excluding steroid dienone is 1. The lowest BCUT2D eigenvalue weighted by atomic mass is 9.78. The first kappa shape index (κ1) is 19.7. The molecule has 0 spiro atoms. The molecule has 0 aromatic rings. The van der Waals surface area contributed by atoms with E-state index < -0.39 is 17.4 Å². The summed E-state index contributed by atoms with van der Waals surface area (Å²) >= 11 is 0. The van der Waals surface area contributed by atoms with E-state index in [0.29, 0.717) is 12.8 Å². The Kier molecular flexibility index (Phi) is 10.6. The Morgan fingerprint density at radius 2 is 1.52 bits per heavy atom. The molecular formula is C17H30O4. The Bertz CT molecular complexity index is 305. The first-order valence-electron chi connectivity index (χ1n) is 8.04. The van der Waals surface area contributed by atoms with Crippen molar-refractivity contribution in [2.24, 2.45) is 5.41 Å². The number of carbonyl (C=O) groups excluding carboxylic acids is 2. The standard InChI is InChI=1S/C17H30O4/c1-5-9-10-11-12-14-17(13-6-2,15(18)20-7-3)16(19)21-8-4/h5H,1,6-14H2,2-4H3. The number of hydrogen-bond donors (Lipinski definition) is 0. The molecule has 122 valence electrons. The molecule has 4 nitrogen and oxygen atoms in total. The SMILES string of the molecule is C=CCCCCCC(CCC)(C(=O)OCC)C(=O)OCC. The van der Waals surface area contributed by atoms with Gasteiger partial charge in [0, 0.05) is 0 Å². The topological polar surface area (TPSA) is 52.6 Å². The summed E-state index contributed by atoms with van der Waals surface area (Å²) in [6.45, 7) is 9.72. The molecule has 0 saturated carbocycles. The van der Waals surface area contributed by atoms with Crippen molar-refractivity contribution in [1.29, 1.82) is 0 Å². The van der Waals surface area contributed by atoms with Crippen molar-refractivity contribution in [1.82, 2.24) is 0 Å². The average molecular weight is 298 g/mol. The molecular weight excluding hydrogens is 268 g/mol. The van der Waals surface area contributed by atoms with Crippen molar-refractivity contribution >= 4 is 11.9 Å². The van der Waals surface area contributed by atoms with Crippen LogP contribution < -0.4 is 0 Å². The second-order valence-electron chi connectivity index (χ2n) is 5.16. The van der Waals surface area contributed by atoms with Gasteiger partial charge in [-0.15, -0.1) is 6.58 Å². The van der Waals surface area contributed by atoms with Crippen molar-refractivity contribution in [3.63, 3.8) is 0 Å². The van der Waals surface area contributed by atoms with Crippen LogP contribution in [0.3, 0.4) is 0 Å². The van der Waals surface area contributed by atoms with Crippen molar-refractivity contribution in [3.05, 3.63) is 12.7 Å². The van der Waals surface area contributed by atoms with E-state index >= 15 is 0 Å². The van der Waals surface area contributed by atoms with E-state index in [9.17, 15) is 9.59 Å². The summed E-state index contributed by atoms with van der Waals surface area (Å²) < 4.78 is 10.3. The van der Waals surface area contributed by atoms with Gasteiger partial charge in [-0.1, -0.05) is 32.3 Å². The number of unbranched alkanes of at least 4 members (excludes halogenated alkanes) is 3. The Balaban J connectivity index is 4.94. The molecule has 0 rings (SSSR count). The second-order valence-corrected chi connectivity index (χ2v) is 5.16. The highest BCUT2D eigenvalue weighted by Crippen LogP contribution is 2.34. The number of ether oxygens (including phenoxy) is 2. The van der Waals surface area contributed by atoms with Gasteiger partial charge in [0.25, 0.3) is 0 Å². The molecule has 0 fully saturated rings. The van der Waals surface area contributed by atoms with E-state index in [1.807, 2.05) is 13.0 Å². The van der Waals surface area contributed by atoms with E-state index in [-0.39, 0.29) is 13.2 Å². The van der Waals surface area contributed by atoms with Crippen LogP contribution in [0.15, 0.2) is 12.7 Å². The van der Waals surface area contributed by atoms with Crippen LogP contribution in [0.5, 0.6) is 0 Å². The van der Waals surface area contributed by atoms with Gasteiger partial charge in [-0.25, -0.2) is 0 Å². The largest absolute Gasteiger partial charge is 0.465 e. The summed E-state index contributed by atoms with van der Waals surface area (Å²) in [4.78, 5) is 24.7. The van der Waals surface area contributed by atoms with Crippen LogP contribution in [0.2, 0.25) is 0 Å². The molecule has 0 aliphatic rings. The number of carbonyl (C=O) groups is 2. The fourth-order valence-electron chi connectivity index (χ4n) is 2.47.